The maximum absolute atomic E-state index is 2.29. The van der Waals surface area contributed by atoms with Crippen molar-refractivity contribution in [3.63, 3.8) is 0 Å². The predicted octanol–water partition coefficient (Wildman–Crippen LogP) is 9.13. The summed E-state index contributed by atoms with van der Waals surface area (Å²) >= 11 is 0. The monoisotopic (exact) mass is 376 g/mol. The Kier molecular flexibility index (Phi) is 18.2. The molecule has 0 nitrogen and oxygen atoms in total. The lowest BCUT2D eigenvalue weighted by Crippen LogP contribution is -1.82. The van der Waals surface area contributed by atoms with Crippen molar-refractivity contribution in [2.24, 2.45) is 0 Å². The number of hydrogen-bond acceptors (Lipinski definition) is 0. The maximum Gasteiger partial charge on any atom is -0.0348 e. The highest BCUT2D eigenvalue weighted by Gasteiger charge is 1.92. The normalized spacial score (nSPS) is 25.1. The van der Waals surface area contributed by atoms with Gasteiger partial charge >= 0.3 is 0 Å². The zero-order chi connectivity index (χ0) is 19.8. The molecule has 0 saturated carbocycles. The van der Waals surface area contributed by atoms with E-state index in [9.17, 15) is 0 Å². The van der Waals surface area contributed by atoms with E-state index in [0.717, 1.165) is 0 Å². The highest BCUT2D eigenvalue weighted by Crippen LogP contribution is 2.12. The van der Waals surface area contributed by atoms with Crippen LogP contribution in [0.5, 0.6) is 0 Å². The Morgan fingerprint density at radius 1 is 0.214 bits per heavy atom. The largest absolute Gasteiger partial charge is 0.0845 e. The summed E-state index contributed by atoms with van der Waals surface area (Å²) in [5.74, 6) is 0. The highest BCUT2D eigenvalue weighted by molar-refractivity contribution is 5.21. The first-order valence-electron chi connectivity index (χ1n) is 11.3. The average Bonchev–Trinajstić information content (AvgIpc) is 2.71. The molecular formula is C28H40. The fourth-order valence-corrected chi connectivity index (χ4v) is 3.06. The second-order valence-corrected chi connectivity index (χ2v) is 7.28. The van der Waals surface area contributed by atoms with Crippen LogP contribution in [0.4, 0.5) is 0 Å². The Morgan fingerprint density at radius 2 is 0.429 bits per heavy atom. The maximum atomic E-state index is 2.29. The van der Waals surface area contributed by atoms with Gasteiger partial charge in [-0.15, -0.1) is 0 Å². The van der Waals surface area contributed by atoms with Crippen molar-refractivity contribution in [3.8, 4) is 0 Å². The fraction of sp³-hybridized carbons (Fsp3) is 0.429. The molecule has 0 heteroatoms. The number of allylic oxidation sites excluding steroid dienone is 16. The second kappa shape index (κ2) is 21.2. The molecule has 28 heavy (non-hydrogen) atoms. The molecule has 0 saturated heterocycles. The van der Waals surface area contributed by atoms with Crippen LogP contribution in [0.15, 0.2) is 97.2 Å². The summed E-state index contributed by atoms with van der Waals surface area (Å²) in [6, 6.07) is 0. The van der Waals surface area contributed by atoms with Crippen molar-refractivity contribution in [2.45, 2.75) is 77.0 Å². The topological polar surface area (TPSA) is 0 Å². The summed E-state index contributed by atoms with van der Waals surface area (Å²) in [4.78, 5) is 0. The van der Waals surface area contributed by atoms with Gasteiger partial charge in [0.05, 0.1) is 0 Å². The third-order valence-electron chi connectivity index (χ3n) is 4.71. The standard InChI is InChI=1S/C28H40/c1-2-4-6-8-10-12-14-16-18-20-22-24-26-28-27-25-23-21-19-17-15-13-11-9-7-5-3-1/h1-16H,17-28H2/b3-1-,4-2-,7-5-,8-6-,11-9-,12-10?,15-13?,16-14?. The molecule has 0 aromatic carbocycles. The first kappa shape index (κ1) is 24.0. The first-order chi connectivity index (χ1) is 14.0. The van der Waals surface area contributed by atoms with Gasteiger partial charge in [-0.05, 0) is 25.7 Å². The number of rotatable bonds is 0. The van der Waals surface area contributed by atoms with Gasteiger partial charge in [0, 0.05) is 0 Å². The van der Waals surface area contributed by atoms with Crippen LogP contribution < -0.4 is 0 Å². The molecule has 1 aliphatic rings. The Morgan fingerprint density at radius 3 is 0.714 bits per heavy atom. The molecule has 0 aromatic heterocycles. The van der Waals surface area contributed by atoms with Crippen LogP contribution >= 0.6 is 0 Å². The van der Waals surface area contributed by atoms with Crippen molar-refractivity contribution in [1.82, 2.24) is 0 Å². The van der Waals surface area contributed by atoms with Gasteiger partial charge in [-0.1, -0.05) is 149 Å². The molecule has 0 amide bonds. The Bertz CT molecular complexity index is 509. The summed E-state index contributed by atoms with van der Waals surface area (Å²) < 4.78 is 0. The fourth-order valence-electron chi connectivity index (χ4n) is 3.06. The quantitative estimate of drug-likeness (QED) is 0.395. The Labute approximate surface area is 174 Å². The van der Waals surface area contributed by atoms with E-state index >= 15 is 0 Å². The molecule has 0 aromatic rings. The van der Waals surface area contributed by atoms with Gasteiger partial charge in [-0.3, -0.25) is 0 Å². The molecule has 0 N–H and O–H groups in total. The smallest absolute Gasteiger partial charge is 0.0348 e. The van der Waals surface area contributed by atoms with Crippen LogP contribution in [-0.2, 0) is 0 Å². The van der Waals surface area contributed by atoms with E-state index in [1.165, 1.54) is 77.0 Å². The van der Waals surface area contributed by atoms with E-state index in [0.29, 0.717) is 0 Å². The number of hydrogen-bond donors (Lipinski definition) is 0. The molecule has 0 heterocycles. The van der Waals surface area contributed by atoms with E-state index in [-0.39, 0.29) is 0 Å². The van der Waals surface area contributed by atoms with Crippen molar-refractivity contribution in [2.75, 3.05) is 0 Å². The molecular weight excluding hydrogens is 336 g/mol. The minimum Gasteiger partial charge on any atom is -0.0845 e. The lowest BCUT2D eigenvalue weighted by Gasteiger charge is -2.01. The lowest BCUT2D eigenvalue weighted by atomic mass is 10.0. The zero-order valence-electron chi connectivity index (χ0n) is 17.7. The molecule has 0 aliphatic heterocycles. The van der Waals surface area contributed by atoms with Crippen molar-refractivity contribution in [1.29, 1.82) is 0 Å². The van der Waals surface area contributed by atoms with Gasteiger partial charge in [0.1, 0.15) is 0 Å². The summed E-state index contributed by atoms with van der Waals surface area (Å²) in [5, 5.41) is 0. The lowest BCUT2D eigenvalue weighted by molar-refractivity contribution is 0.553. The third kappa shape index (κ3) is 18.7. The summed E-state index contributed by atoms with van der Waals surface area (Å²) in [7, 11) is 0. The average molecular weight is 377 g/mol. The van der Waals surface area contributed by atoms with E-state index in [1.807, 2.05) is 24.3 Å². The van der Waals surface area contributed by atoms with Gasteiger partial charge in [-0.25, -0.2) is 0 Å². The predicted molar refractivity (Wildman–Crippen MR) is 129 cm³/mol. The highest BCUT2D eigenvalue weighted by atomic mass is 14.0. The van der Waals surface area contributed by atoms with E-state index in [2.05, 4.69) is 72.9 Å². The molecule has 152 valence electrons. The molecule has 0 unspecified atom stereocenters. The Balaban J connectivity index is 2.36. The van der Waals surface area contributed by atoms with Crippen molar-refractivity contribution in [3.05, 3.63) is 97.2 Å². The second-order valence-electron chi connectivity index (χ2n) is 7.28. The molecule has 0 radical (unpaired) electrons. The van der Waals surface area contributed by atoms with E-state index < -0.39 is 0 Å². The molecule has 0 atom stereocenters. The van der Waals surface area contributed by atoms with Crippen LogP contribution in [0.2, 0.25) is 0 Å². The first-order valence-corrected chi connectivity index (χ1v) is 11.3. The molecule has 1 aliphatic carbocycles. The van der Waals surface area contributed by atoms with Crippen LogP contribution in [0.3, 0.4) is 0 Å². The SMILES string of the molecule is C1=C\C=C/C=C\C=C/C=C\C=C/C=CCCCCCCCCCCCCC=C1. The van der Waals surface area contributed by atoms with Gasteiger partial charge in [0.15, 0.2) is 0 Å². The van der Waals surface area contributed by atoms with Crippen LogP contribution in [0.1, 0.15) is 77.0 Å². The summed E-state index contributed by atoms with van der Waals surface area (Å²) in [5.41, 5.74) is 0. The summed E-state index contributed by atoms with van der Waals surface area (Å²) in [6.07, 6.45) is 50.0. The molecule has 0 fully saturated rings. The van der Waals surface area contributed by atoms with E-state index in [4.69, 9.17) is 0 Å². The third-order valence-corrected chi connectivity index (χ3v) is 4.71. The molecule has 0 spiro atoms. The zero-order valence-corrected chi connectivity index (χ0v) is 17.7. The van der Waals surface area contributed by atoms with Crippen LogP contribution in [0.25, 0.3) is 0 Å². The van der Waals surface area contributed by atoms with Gasteiger partial charge in [0.25, 0.3) is 0 Å². The minimum atomic E-state index is 1.20. The van der Waals surface area contributed by atoms with Gasteiger partial charge < -0.3 is 0 Å². The van der Waals surface area contributed by atoms with Crippen molar-refractivity contribution >= 4 is 0 Å². The molecule has 0 bridgehead atoms. The minimum absolute atomic E-state index is 1.20. The molecule has 1 rings (SSSR count). The van der Waals surface area contributed by atoms with Crippen molar-refractivity contribution < 1.29 is 0 Å². The summed E-state index contributed by atoms with van der Waals surface area (Å²) in [6.45, 7) is 0. The Hall–Kier alpha value is -2.08. The van der Waals surface area contributed by atoms with Gasteiger partial charge in [-0.2, -0.15) is 0 Å². The van der Waals surface area contributed by atoms with Crippen LogP contribution in [-0.4, -0.2) is 0 Å². The van der Waals surface area contributed by atoms with Crippen LogP contribution in [0, 0.1) is 0 Å². The van der Waals surface area contributed by atoms with E-state index in [1.54, 1.807) is 0 Å². The van der Waals surface area contributed by atoms with Gasteiger partial charge in [0.2, 0.25) is 0 Å².